The molecule has 0 atom stereocenters. The fraction of sp³-hybridized carbons (Fsp3) is 0.333. The maximum atomic E-state index is 5.40. The summed E-state index contributed by atoms with van der Waals surface area (Å²) in [6, 6.07) is 1.77. The van der Waals surface area contributed by atoms with Gasteiger partial charge in [0.05, 0.1) is 18.4 Å². The van der Waals surface area contributed by atoms with Crippen LogP contribution in [-0.2, 0) is 4.74 Å². The van der Waals surface area contributed by atoms with E-state index >= 15 is 0 Å². The maximum absolute atomic E-state index is 5.40. The van der Waals surface area contributed by atoms with Gasteiger partial charge < -0.3 is 13.6 Å². The molecule has 6 heteroatoms. The van der Waals surface area contributed by atoms with Gasteiger partial charge in [-0.05, 0) is 6.07 Å². The lowest BCUT2D eigenvalue weighted by atomic mass is 10.3. The highest BCUT2D eigenvalue weighted by Crippen LogP contribution is 2.22. The van der Waals surface area contributed by atoms with E-state index in [-0.39, 0.29) is 0 Å². The molecule has 2 rings (SSSR count). The van der Waals surface area contributed by atoms with Crippen molar-refractivity contribution in [2.45, 2.75) is 5.22 Å². The average Bonchev–Trinajstić information content (AvgIpc) is 2.87. The third-order valence-electron chi connectivity index (χ3n) is 1.69. The van der Waals surface area contributed by atoms with Gasteiger partial charge in [-0.2, -0.15) is 0 Å². The van der Waals surface area contributed by atoms with Crippen molar-refractivity contribution in [3.05, 3.63) is 18.6 Å². The van der Waals surface area contributed by atoms with E-state index in [4.69, 9.17) is 13.6 Å². The molecule has 2 heterocycles. The number of thioether (sulfide) groups is 1. The van der Waals surface area contributed by atoms with Crippen LogP contribution in [-0.4, -0.2) is 29.7 Å². The summed E-state index contributed by atoms with van der Waals surface area (Å²) in [7, 11) is 1.66. The molecule has 0 aliphatic carbocycles. The van der Waals surface area contributed by atoms with Gasteiger partial charge in [-0.3, -0.25) is 0 Å². The highest BCUT2D eigenvalue weighted by molar-refractivity contribution is 7.99. The molecule has 0 radical (unpaired) electrons. The Labute approximate surface area is 90.8 Å². The lowest BCUT2D eigenvalue weighted by Gasteiger charge is -1.93. The van der Waals surface area contributed by atoms with Gasteiger partial charge in [0.2, 0.25) is 0 Å². The van der Waals surface area contributed by atoms with Gasteiger partial charge in [0.25, 0.3) is 11.1 Å². The Morgan fingerprint density at radius 1 is 1.47 bits per heavy atom. The molecule has 0 fully saturated rings. The first-order valence-electron chi connectivity index (χ1n) is 4.38. The number of hydrogen-bond donors (Lipinski definition) is 0. The van der Waals surface area contributed by atoms with Gasteiger partial charge in [-0.25, -0.2) is 0 Å². The van der Waals surface area contributed by atoms with E-state index in [0.29, 0.717) is 17.7 Å². The van der Waals surface area contributed by atoms with Crippen molar-refractivity contribution in [3.8, 4) is 11.5 Å². The number of rotatable bonds is 5. The molecule has 2 aromatic rings. The topological polar surface area (TPSA) is 61.3 Å². The van der Waals surface area contributed by atoms with Crippen LogP contribution in [0.4, 0.5) is 0 Å². The fourth-order valence-electron chi connectivity index (χ4n) is 0.983. The minimum Gasteiger partial charge on any atom is -0.472 e. The first kappa shape index (κ1) is 10.3. The Balaban J connectivity index is 1.98. The number of hydrogen-bond acceptors (Lipinski definition) is 6. The number of furan rings is 1. The molecular formula is C9H10N2O3S. The second-order valence-corrected chi connectivity index (χ2v) is 3.77. The Morgan fingerprint density at radius 3 is 3.13 bits per heavy atom. The van der Waals surface area contributed by atoms with Crippen molar-refractivity contribution >= 4 is 11.8 Å². The van der Waals surface area contributed by atoms with Crippen molar-refractivity contribution < 1.29 is 13.6 Å². The zero-order valence-corrected chi connectivity index (χ0v) is 8.99. The zero-order chi connectivity index (χ0) is 10.5. The van der Waals surface area contributed by atoms with Crippen LogP contribution >= 0.6 is 11.8 Å². The number of methoxy groups -OCH3 is 1. The second-order valence-electron chi connectivity index (χ2n) is 2.73. The summed E-state index contributed by atoms with van der Waals surface area (Å²) in [5, 5.41) is 8.34. The van der Waals surface area contributed by atoms with Gasteiger partial charge in [-0.1, -0.05) is 11.8 Å². The van der Waals surface area contributed by atoms with Crippen LogP contribution < -0.4 is 0 Å². The minimum atomic E-state index is 0.476. The van der Waals surface area contributed by atoms with Gasteiger partial charge in [0, 0.05) is 12.9 Å². The van der Waals surface area contributed by atoms with Crippen molar-refractivity contribution in [1.82, 2.24) is 10.2 Å². The normalized spacial score (nSPS) is 10.7. The van der Waals surface area contributed by atoms with Gasteiger partial charge in [0.1, 0.15) is 6.26 Å². The Bertz CT molecular complexity index is 399. The molecule has 2 aromatic heterocycles. The van der Waals surface area contributed by atoms with E-state index in [1.807, 2.05) is 0 Å². The number of nitrogens with zero attached hydrogens (tertiary/aromatic N) is 2. The van der Waals surface area contributed by atoms with Crippen LogP contribution in [0.1, 0.15) is 0 Å². The SMILES string of the molecule is COCCSc1nnc(-c2ccoc2)o1. The molecule has 80 valence electrons. The van der Waals surface area contributed by atoms with Crippen LogP contribution in [0.3, 0.4) is 0 Å². The Morgan fingerprint density at radius 2 is 2.40 bits per heavy atom. The molecular weight excluding hydrogens is 216 g/mol. The standard InChI is InChI=1S/C9H10N2O3S/c1-12-4-5-15-9-11-10-8(14-9)7-2-3-13-6-7/h2-3,6H,4-5H2,1H3. The summed E-state index contributed by atoms with van der Waals surface area (Å²) >= 11 is 1.47. The Kier molecular flexibility index (Phi) is 3.41. The van der Waals surface area contributed by atoms with Gasteiger partial charge in [0.15, 0.2) is 0 Å². The Hall–Kier alpha value is -1.27. The third-order valence-corrected chi connectivity index (χ3v) is 2.47. The fourth-order valence-corrected chi connectivity index (χ4v) is 1.64. The van der Waals surface area contributed by atoms with Crippen molar-refractivity contribution in [2.75, 3.05) is 19.5 Å². The summed E-state index contributed by atoms with van der Waals surface area (Å²) in [5.74, 6) is 1.27. The smallest absolute Gasteiger partial charge is 0.276 e. The monoisotopic (exact) mass is 226 g/mol. The van der Waals surface area contributed by atoms with Crippen LogP contribution in [0.5, 0.6) is 0 Å². The minimum absolute atomic E-state index is 0.476. The van der Waals surface area contributed by atoms with E-state index in [0.717, 1.165) is 11.3 Å². The zero-order valence-electron chi connectivity index (χ0n) is 8.17. The molecule has 0 spiro atoms. The summed E-state index contributed by atoms with van der Waals surface area (Å²) in [5.41, 5.74) is 0.793. The van der Waals surface area contributed by atoms with Crippen LogP contribution in [0.25, 0.3) is 11.5 Å². The summed E-state index contributed by atoms with van der Waals surface area (Å²) < 4.78 is 15.2. The van der Waals surface area contributed by atoms with Crippen molar-refractivity contribution in [3.63, 3.8) is 0 Å². The van der Waals surface area contributed by atoms with Gasteiger partial charge >= 0.3 is 0 Å². The first-order valence-corrected chi connectivity index (χ1v) is 5.36. The van der Waals surface area contributed by atoms with E-state index in [1.165, 1.54) is 11.8 Å². The summed E-state index contributed by atoms with van der Waals surface area (Å²) in [6.07, 6.45) is 3.13. The summed E-state index contributed by atoms with van der Waals surface area (Å²) in [4.78, 5) is 0. The molecule has 0 N–H and O–H groups in total. The van der Waals surface area contributed by atoms with E-state index in [1.54, 1.807) is 25.7 Å². The molecule has 0 aliphatic heterocycles. The largest absolute Gasteiger partial charge is 0.472 e. The molecule has 15 heavy (non-hydrogen) atoms. The van der Waals surface area contributed by atoms with Gasteiger partial charge in [-0.15, -0.1) is 10.2 Å². The number of aromatic nitrogens is 2. The van der Waals surface area contributed by atoms with Crippen LogP contribution in [0, 0.1) is 0 Å². The highest BCUT2D eigenvalue weighted by atomic mass is 32.2. The highest BCUT2D eigenvalue weighted by Gasteiger charge is 2.09. The average molecular weight is 226 g/mol. The van der Waals surface area contributed by atoms with E-state index in [2.05, 4.69) is 10.2 Å². The van der Waals surface area contributed by atoms with E-state index < -0.39 is 0 Å². The number of ether oxygens (including phenoxy) is 1. The molecule has 0 amide bonds. The third kappa shape index (κ3) is 2.60. The molecule has 0 unspecified atom stereocenters. The molecule has 0 aromatic carbocycles. The molecule has 0 saturated heterocycles. The molecule has 5 nitrogen and oxygen atoms in total. The maximum Gasteiger partial charge on any atom is 0.276 e. The van der Waals surface area contributed by atoms with Crippen molar-refractivity contribution in [1.29, 1.82) is 0 Å². The molecule has 0 aliphatic rings. The molecule has 0 saturated carbocycles. The van der Waals surface area contributed by atoms with Crippen molar-refractivity contribution in [2.24, 2.45) is 0 Å². The summed E-state index contributed by atoms with van der Waals surface area (Å²) in [6.45, 7) is 0.661. The first-order chi connectivity index (χ1) is 7.40. The molecule has 0 bridgehead atoms. The predicted molar refractivity (Wildman–Crippen MR) is 54.6 cm³/mol. The second kappa shape index (κ2) is 4.99. The quantitative estimate of drug-likeness (QED) is 0.574. The van der Waals surface area contributed by atoms with Crippen LogP contribution in [0.15, 0.2) is 32.6 Å². The van der Waals surface area contributed by atoms with Crippen LogP contribution in [0.2, 0.25) is 0 Å². The van der Waals surface area contributed by atoms with E-state index in [9.17, 15) is 0 Å². The lowest BCUT2D eigenvalue weighted by Crippen LogP contribution is -1.90. The lowest BCUT2D eigenvalue weighted by molar-refractivity contribution is 0.218. The predicted octanol–water partition coefficient (Wildman–Crippen LogP) is 2.07.